The van der Waals surface area contributed by atoms with E-state index in [4.69, 9.17) is 0 Å². The Morgan fingerprint density at radius 2 is 1.76 bits per heavy atom. The first-order valence-corrected chi connectivity index (χ1v) is 7.54. The Hall–Kier alpha value is -0.0800. The molecule has 1 rings (SSSR count). The Kier molecular flexibility index (Phi) is 7.14. The van der Waals surface area contributed by atoms with Crippen LogP contribution < -0.4 is 5.32 Å². The molecule has 0 aromatic carbocycles. The topological polar surface area (TPSA) is 15.3 Å². The minimum atomic E-state index is 0.706. The smallest absolute Gasteiger partial charge is 0.00387 e. The van der Waals surface area contributed by atoms with E-state index in [1.165, 1.54) is 51.9 Å². The molecule has 1 N–H and O–H groups in total. The number of nitrogens with one attached hydrogen (secondary N) is 1. The first-order chi connectivity index (χ1) is 8.09. The monoisotopic (exact) mass is 240 g/mol. The second kappa shape index (κ2) is 8.10. The van der Waals surface area contributed by atoms with Gasteiger partial charge in [0.2, 0.25) is 0 Å². The van der Waals surface area contributed by atoms with Crippen LogP contribution in [0.1, 0.15) is 53.4 Å². The van der Waals surface area contributed by atoms with Gasteiger partial charge >= 0.3 is 0 Å². The lowest BCUT2D eigenvalue weighted by molar-refractivity contribution is 0.165. The van der Waals surface area contributed by atoms with Gasteiger partial charge in [0.15, 0.2) is 0 Å². The lowest BCUT2D eigenvalue weighted by atomic mass is 9.96. The molecule has 0 aromatic heterocycles. The summed E-state index contributed by atoms with van der Waals surface area (Å²) in [6.07, 6.45) is 5.47. The van der Waals surface area contributed by atoms with Gasteiger partial charge in [-0.1, -0.05) is 13.8 Å². The van der Waals surface area contributed by atoms with Crippen molar-refractivity contribution in [1.82, 2.24) is 10.2 Å². The SMILES string of the molecule is CC(C)CCCN(CC1CCNCC1)C(C)C. The van der Waals surface area contributed by atoms with E-state index in [-0.39, 0.29) is 0 Å². The van der Waals surface area contributed by atoms with Gasteiger partial charge in [0.05, 0.1) is 0 Å². The molecule has 0 bridgehead atoms. The summed E-state index contributed by atoms with van der Waals surface area (Å²) in [5.74, 6) is 1.78. The van der Waals surface area contributed by atoms with Crippen molar-refractivity contribution in [2.75, 3.05) is 26.2 Å². The highest BCUT2D eigenvalue weighted by Gasteiger charge is 2.18. The van der Waals surface area contributed by atoms with Crippen molar-refractivity contribution in [3.05, 3.63) is 0 Å². The van der Waals surface area contributed by atoms with Gasteiger partial charge < -0.3 is 10.2 Å². The molecule has 2 heteroatoms. The average molecular weight is 240 g/mol. The third-order valence-corrected chi connectivity index (χ3v) is 3.91. The summed E-state index contributed by atoms with van der Waals surface area (Å²) in [5, 5.41) is 3.46. The van der Waals surface area contributed by atoms with Gasteiger partial charge in [-0.15, -0.1) is 0 Å². The van der Waals surface area contributed by atoms with Crippen LogP contribution in [0.4, 0.5) is 0 Å². The summed E-state index contributed by atoms with van der Waals surface area (Å²) < 4.78 is 0. The fourth-order valence-corrected chi connectivity index (χ4v) is 2.66. The molecule has 0 aliphatic carbocycles. The van der Waals surface area contributed by atoms with Crippen LogP contribution >= 0.6 is 0 Å². The summed E-state index contributed by atoms with van der Waals surface area (Å²) in [6, 6.07) is 0.706. The Morgan fingerprint density at radius 1 is 1.12 bits per heavy atom. The van der Waals surface area contributed by atoms with Crippen LogP contribution in [0.15, 0.2) is 0 Å². The number of rotatable bonds is 7. The molecule has 1 saturated heterocycles. The predicted molar refractivity (Wildman–Crippen MR) is 76.4 cm³/mol. The maximum absolute atomic E-state index is 3.46. The van der Waals surface area contributed by atoms with Crippen LogP contribution in [0.3, 0.4) is 0 Å². The number of hydrogen-bond donors (Lipinski definition) is 1. The zero-order valence-corrected chi connectivity index (χ0v) is 12.3. The van der Waals surface area contributed by atoms with E-state index in [2.05, 4.69) is 37.9 Å². The Bertz CT molecular complexity index is 183. The molecule has 102 valence electrons. The minimum Gasteiger partial charge on any atom is -0.317 e. The van der Waals surface area contributed by atoms with Gasteiger partial charge in [0.1, 0.15) is 0 Å². The molecule has 0 radical (unpaired) electrons. The van der Waals surface area contributed by atoms with Crippen molar-refractivity contribution in [3.63, 3.8) is 0 Å². The molecule has 1 heterocycles. The standard InChI is InChI=1S/C15H32N2/c1-13(2)6-5-11-17(14(3)4)12-15-7-9-16-10-8-15/h13-16H,5-12H2,1-4H3. The molecule has 2 nitrogen and oxygen atoms in total. The first kappa shape index (κ1) is 15.0. The van der Waals surface area contributed by atoms with Crippen LogP contribution in [0.2, 0.25) is 0 Å². The van der Waals surface area contributed by atoms with Crippen LogP contribution in [-0.4, -0.2) is 37.1 Å². The van der Waals surface area contributed by atoms with Crippen LogP contribution in [0.25, 0.3) is 0 Å². The molecule has 1 fully saturated rings. The summed E-state index contributed by atoms with van der Waals surface area (Å²) in [7, 11) is 0. The molecule has 0 amide bonds. The van der Waals surface area contributed by atoms with Gasteiger partial charge in [0, 0.05) is 12.6 Å². The minimum absolute atomic E-state index is 0.706. The number of hydrogen-bond acceptors (Lipinski definition) is 2. The van der Waals surface area contributed by atoms with Gasteiger partial charge in [-0.3, -0.25) is 0 Å². The zero-order chi connectivity index (χ0) is 12.7. The van der Waals surface area contributed by atoms with Crippen molar-refractivity contribution in [1.29, 1.82) is 0 Å². The fraction of sp³-hybridized carbons (Fsp3) is 1.00. The van der Waals surface area contributed by atoms with Gasteiger partial charge in [0.25, 0.3) is 0 Å². The highest BCUT2D eigenvalue weighted by Crippen LogP contribution is 2.16. The third kappa shape index (κ3) is 6.42. The predicted octanol–water partition coefficient (Wildman–Crippen LogP) is 3.13. The molecular formula is C15H32N2. The highest BCUT2D eigenvalue weighted by atomic mass is 15.1. The van der Waals surface area contributed by atoms with E-state index >= 15 is 0 Å². The van der Waals surface area contributed by atoms with Crippen LogP contribution in [-0.2, 0) is 0 Å². The van der Waals surface area contributed by atoms with Crippen molar-refractivity contribution in [2.24, 2.45) is 11.8 Å². The summed E-state index contributed by atoms with van der Waals surface area (Å²) in [5.41, 5.74) is 0. The van der Waals surface area contributed by atoms with Crippen molar-refractivity contribution < 1.29 is 0 Å². The van der Waals surface area contributed by atoms with Crippen LogP contribution in [0, 0.1) is 11.8 Å². The fourth-order valence-electron chi connectivity index (χ4n) is 2.66. The lowest BCUT2D eigenvalue weighted by Gasteiger charge is -2.33. The third-order valence-electron chi connectivity index (χ3n) is 3.91. The lowest BCUT2D eigenvalue weighted by Crippen LogP contribution is -2.40. The van der Waals surface area contributed by atoms with Gasteiger partial charge in [-0.05, 0) is 71.0 Å². The molecular weight excluding hydrogens is 208 g/mol. The highest BCUT2D eigenvalue weighted by molar-refractivity contribution is 4.74. The molecule has 0 saturated carbocycles. The Labute approximate surface area is 108 Å². The van der Waals surface area contributed by atoms with E-state index in [0.29, 0.717) is 6.04 Å². The van der Waals surface area contributed by atoms with Crippen LogP contribution in [0.5, 0.6) is 0 Å². The van der Waals surface area contributed by atoms with Crippen molar-refractivity contribution >= 4 is 0 Å². The summed E-state index contributed by atoms with van der Waals surface area (Å²) in [4.78, 5) is 2.69. The van der Waals surface area contributed by atoms with Gasteiger partial charge in [-0.25, -0.2) is 0 Å². The van der Waals surface area contributed by atoms with Crippen molar-refractivity contribution in [2.45, 2.75) is 59.4 Å². The second-order valence-electron chi connectivity index (χ2n) is 6.32. The Balaban J connectivity index is 2.26. The summed E-state index contributed by atoms with van der Waals surface area (Å²) >= 11 is 0. The van der Waals surface area contributed by atoms with E-state index in [1.807, 2.05) is 0 Å². The Morgan fingerprint density at radius 3 is 2.29 bits per heavy atom. The molecule has 17 heavy (non-hydrogen) atoms. The average Bonchev–Trinajstić information content (AvgIpc) is 2.28. The van der Waals surface area contributed by atoms with E-state index in [1.54, 1.807) is 0 Å². The summed E-state index contributed by atoms with van der Waals surface area (Å²) in [6.45, 7) is 14.4. The molecule has 0 unspecified atom stereocenters. The zero-order valence-electron chi connectivity index (χ0n) is 12.3. The molecule has 0 aromatic rings. The molecule has 0 atom stereocenters. The first-order valence-electron chi connectivity index (χ1n) is 7.54. The van der Waals surface area contributed by atoms with E-state index < -0.39 is 0 Å². The maximum Gasteiger partial charge on any atom is 0.00387 e. The van der Waals surface area contributed by atoms with E-state index in [0.717, 1.165) is 11.8 Å². The number of piperidine rings is 1. The quantitative estimate of drug-likeness (QED) is 0.735. The maximum atomic E-state index is 3.46. The van der Waals surface area contributed by atoms with Gasteiger partial charge in [-0.2, -0.15) is 0 Å². The normalized spacial score (nSPS) is 18.5. The number of nitrogens with zero attached hydrogens (tertiary/aromatic N) is 1. The molecule has 0 spiro atoms. The molecule has 1 aliphatic rings. The molecule has 1 aliphatic heterocycles. The second-order valence-corrected chi connectivity index (χ2v) is 6.32. The van der Waals surface area contributed by atoms with Crippen molar-refractivity contribution in [3.8, 4) is 0 Å². The largest absolute Gasteiger partial charge is 0.317 e. The van der Waals surface area contributed by atoms with E-state index in [9.17, 15) is 0 Å².